The SMILES string of the molecule is Cc1cccc(C2NC(C)C(=O)N2CCOC(C)C)c1. The Morgan fingerprint density at radius 3 is 2.80 bits per heavy atom. The number of carbonyl (C=O) groups is 1. The molecule has 0 aromatic heterocycles. The molecule has 0 saturated carbocycles. The van der Waals surface area contributed by atoms with E-state index in [0.29, 0.717) is 13.2 Å². The van der Waals surface area contributed by atoms with Crippen molar-refractivity contribution in [1.29, 1.82) is 0 Å². The number of hydrogen-bond acceptors (Lipinski definition) is 3. The van der Waals surface area contributed by atoms with Crippen LogP contribution in [0.2, 0.25) is 0 Å². The second kappa shape index (κ2) is 6.37. The van der Waals surface area contributed by atoms with Gasteiger partial charge in [0.05, 0.1) is 18.8 Å². The van der Waals surface area contributed by atoms with Gasteiger partial charge in [-0.2, -0.15) is 0 Å². The molecule has 2 atom stereocenters. The predicted octanol–water partition coefficient (Wildman–Crippen LogP) is 2.24. The third-order valence-electron chi connectivity index (χ3n) is 3.51. The van der Waals surface area contributed by atoms with Crippen LogP contribution in [-0.2, 0) is 9.53 Å². The third-order valence-corrected chi connectivity index (χ3v) is 3.51. The Morgan fingerprint density at radius 2 is 2.15 bits per heavy atom. The van der Waals surface area contributed by atoms with Crippen molar-refractivity contribution in [3.63, 3.8) is 0 Å². The first-order valence-electron chi connectivity index (χ1n) is 7.23. The Labute approximate surface area is 121 Å². The van der Waals surface area contributed by atoms with Gasteiger partial charge in [0.25, 0.3) is 0 Å². The molecule has 1 saturated heterocycles. The summed E-state index contributed by atoms with van der Waals surface area (Å²) >= 11 is 0. The van der Waals surface area contributed by atoms with E-state index in [-0.39, 0.29) is 24.2 Å². The van der Waals surface area contributed by atoms with Gasteiger partial charge in [-0.3, -0.25) is 10.1 Å². The van der Waals surface area contributed by atoms with Gasteiger partial charge in [-0.1, -0.05) is 29.8 Å². The number of rotatable bonds is 5. The number of ether oxygens (including phenoxy) is 1. The normalized spacial score (nSPS) is 22.9. The van der Waals surface area contributed by atoms with Crippen LogP contribution in [0.25, 0.3) is 0 Å². The Bertz CT molecular complexity index is 473. The monoisotopic (exact) mass is 276 g/mol. The Balaban J connectivity index is 2.11. The molecule has 1 amide bonds. The molecule has 1 aliphatic heterocycles. The summed E-state index contributed by atoms with van der Waals surface area (Å²) in [5.41, 5.74) is 2.34. The van der Waals surface area contributed by atoms with Crippen LogP contribution in [0.3, 0.4) is 0 Å². The molecular weight excluding hydrogens is 252 g/mol. The standard InChI is InChI=1S/C16H24N2O2/c1-11(2)20-9-8-18-15(17-13(4)16(18)19)14-7-5-6-12(3)10-14/h5-7,10-11,13,15,17H,8-9H2,1-4H3. The van der Waals surface area contributed by atoms with Crippen LogP contribution < -0.4 is 5.32 Å². The van der Waals surface area contributed by atoms with Crippen LogP contribution in [0.4, 0.5) is 0 Å². The molecule has 0 aliphatic carbocycles. The zero-order valence-electron chi connectivity index (χ0n) is 12.7. The number of amides is 1. The first kappa shape index (κ1) is 15.0. The summed E-state index contributed by atoms with van der Waals surface area (Å²) in [6.07, 6.45) is 0.142. The molecule has 2 unspecified atom stereocenters. The van der Waals surface area contributed by atoms with Gasteiger partial charge >= 0.3 is 0 Å². The van der Waals surface area contributed by atoms with E-state index in [9.17, 15) is 4.79 Å². The van der Waals surface area contributed by atoms with E-state index < -0.39 is 0 Å². The predicted molar refractivity (Wildman–Crippen MR) is 79.3 cm³/mol. The molecule has 1 fully saturated rings. The highest BCUT2D eigenvalue weighted by Crippen LogP contribution is 2.25. The maximum Gasteiger partial charge on any atom is 0.241 e. The van der Waals surface area contributed by atoms with E-state index in [1.54, 1.807) is 0 Å². The van der Waals surface area contributed by atoms with Crippen LogP contribution in [-0.4, -0.2) is 36.1 Å². The molecular formula is C16H24N2O2. The fraction of sp³-hybridized carbons (Fsp3) is 0.562. The molecule has 4 nitrogen and oxygen atoms in total. The number of nitrogens with one attached hydrogen (secondary N) is 1. The van der Waals surface area contributed by atoms with Gasteiger partial charge in [0.1, 0.15) is 6.17 Å². The van der Waals surface area contributed by atoms with E-state index >= 15 is 0 Å². The van der Waals surface area contributed by atoms with Gasteiger partial charge in [-0.25, -0.2) is 0 Å². The number of aryl methyl sites for hydroxylation is 1. The van der Waals surface area contributed by atoms with Crippen molar-refractivity contribution in [2.24, 2.45) is 0 Å². The average molecular weight is 276 g/mol. The summed E-state index contributed by atoms with van der Waals surface area (Å²) in [5, 5.41) is 3.36. The number of carbonyl (C=O) groups excluding carboxylic acids is 1. The van der Waals surface area contributed by atoms with Gasteiger partial charge in [-0.05, 0) is 33.3 Å². The largest absolute Gasteiger partial charge is 0.377 e. The van der Waals surface area contributed by atoms with Gasteiger partial charge in [-0.15, -0.1) is 0 Å². The minimum atomic E-state index is -0.139. The van der Waals surface area contributed by atoms with Crippen molar-refractivity contribution >= 4 is 5.91 Å². The molecule has 20 heavy (non-hydrogen) atoms. The molecule has 4 heteroatoms. The number of hydrogen-bond donors (Lipinski definition) is 1. The average Bonchev–Trinajstić information content (AvgIpc) is 2.66. The molecule has 1 aromatic carbocycles. The number of nitrogens with zero attached hydrogens (tertiary/aromatic N) is 1. The molecule has 110 valence electrons. The van der Waals surface area contributed by atoms with Crippen molar-refractivity contribution in [2.45, 2.75) is 46.0 Å². The summed E-state index contributed by atoms with van der Waals surface area (Å²) in [6, 6.07) is 8.14. The fourth-order valence-electron chi connectivity index (χ4n) is 2.52. The highest BCUT2D eigenvalue weighted by molar-refractivity contribution is 5.84. The number of benzene rings is 1. The minimum Gasteiger partial charge on any atom is -0.377 e. The van der Waals surface area contributed by atoms with Crippen molar-refractivity contribution in [2.75, 3.05) is 13.2 Å². The zero-order valence-corrected chi connectivity index (χ0v) is 12.7. The van der Waals surface area contributed by atoms with Crippen LogP contribution in [0.15, 0.2) is 24.3 Å². The van der Waals surface area contributed by atoms with E-state index in [2.05, 4.69) is 30.4 Å². The molecule has 0 radical (unpaired) electrons. The molecule has 0 bridgehead atoms. The van der Waals surface area contributed by atoms with E-state index in [1.807, 2.05) is 31.7 Å². The smallest absolute Gasteiger partial charge is 0.241 e. The molecule has 1 N–H and O–H groups in total. The summed E-state index contributed by atoms with van der Waals surface area (Å²) in [6.45, 7) is 9.17. The second-order valence-electron chi connectivity index (χ2n) is 5.66. The van der Waals surface area contributed by atoms with Gasteiger partial charge in [0.2, 0.25) is 5.91 Å². The van der Waals surface area contributed by atoms with E-state index in [1.165, 1.54) is 5.56 Å². The summed E-state index contributed by atoms with van der Waals surface area (Å²) in [7, 11) is 0. The molecule has 0 spiro atoms. The summed E-state index contributed by atoms with van der Waals surface area (Å²) in [5.74, 6) is 0.142. The Kier molecular flexibility index (Phi) is 4.78. The van der Waals surface area contributed by atoms with Crippen molar-refractivity contribution < 1.29 is 9.53 Å². The van der Waals surface area contributed by atoms with Crippen molar-refractivity contribution in [1.82, 2.24) is 10.2 Å². The first-order valence-corrected chi connectivity index (χ1v) is 7.23. The molecule has 1 aromatic rings. The summed E-state index contributed by atoms with van der Waals surface area (Å²) < 4.78 is 5.57. The maximum absolute atomic E-state index is 12.3. The van der Waals surface area contributed by atoms with Crippen molar-refractivity contribution in [3.05, 3.63) is 35.4 Å². The van der Waals surface area contributed by atoms with Crippen LogP contribution >= 0.6 is 0 Å². The third kappa shape index (κ3) is 3.38. The highest BCUT2D eigenvalue weighted by Gasteiger charge is 2.36. The van der Waals surface area contributed by atoms with Gasteiger partial charge in [0, 0.05) is 6.54 Å². The fourth-order valence-corrected chi connectivity index (χ4v) is 2.52. The molecule has 2 rings (SSSR count). The highest BCUT2D eigenvalue weighted by atomic mass is 16.5. The minimum absolute atomic E-state index is 0.0480. The Hall–Kier alpha value is -1.39. The maximum atomic E-state index is 12.3. The lowest BCUT2D eigenvalue weighted by Gasteiger charge is -2.25. The lowest BCUT2D eigenvalue weighted by Crippen LogP contribution is -2.34. The van der Waals surface area contributed by atoms with E-state index in [0.717, 1.165) is 5.56 Å². The van der Waals surface area contributed by atoms with Crippen LogP contribution in [0, 0.1) is 6.92 Å². The van der Waals surface area contributed by atoms with Gasteiger partial charge < -0.3 is 9.64 Å². The molecule has 1 aliphatic rings. The van der Waals surface area contributed by atoms with E-state index in [4.69, 9.17) is 4.74 Å². The lowest BCUT2D eigenvalue weighted by molar-refractivity contribution is -0.130. The summed E-state index contributed by atoms with van der Waals surface area (Å²) in [4.78, 5) is 14.1. The first-order chi connectivity index (χ1) is 9.49. The quantitative estimate of drug-likeness (QED) is 0.896. The zero-order chi connectivity index (χ0) is 14.7. The second-order valence-corrected chi connectivity index (χ2v) is 5.66. The Morgan fingerprint density at radius 1 is 1.40 bits per heavy atom. The lowest BCUT2D eigenvalue weighted by atomic mass is 10.1. The van der Waals surface area contributed by atoms with Crippen LogP contribution in [0.5, 0.6) is 0 Å². The topological polar surface area (TPSA) is 41.6 Å². The van der Waals surface area contributed by atoms with Gasteiger partial charge in [0.15, 0.2) is 0 Å². The van der Waals surface area contributed by atoms with Crippen LogP contribution in [0.1, 0.15) is 38.1 Å². The molecule has 1 heterocycles. The van der Waals surface area contributed by atoms with Crippen molar-refractivity contribution in [3.8, 4) is 0 Å².